The lowest BCUT2D eigenvalue weighted by atomic mass is 10.0. The van der Waals surface area contributed by atoms with E-state index in [-0.39, 0.29) is 12.2 Å². The van der Waals surface area contributed by atoms with Gasteiger partial charge in [-0.05, 0) is 23.8 Å². The van der Waals surface area contributed by atoms with Crippen LogP contribution in [0.25, 0.3) is 0 Å². The first-order valence-electron chi connectivity index (χ1n) is 5.97. The first kappa shape index (κ1) is 15.1. The summed E-state index contributed by atoms with van der Waals surface area (Å²) in [6.07, 6.45) is -0.616. The maximum atomic E-state index is 13.6. The maximum absolute atomic E-state index is 13.6. The summed E-state index contributed by atoms with van der Waals surface area (Å²) in [6.45, 7) is 0. The lowest BCUT2D eigenvalue weighted by Gasteiger charge is -2.14. The molecule has 2 aromatic carbocycles. The summed E-state index contributed by atoms with van der Waals surface area (Å²) in [5.41, 5.74) is 1.17. The molecule has 2 aromatic rings. The lowest BCUT2D eigenvalue weighted by Crippen LogP contribution is -2.03. The second kappa shape index (κ2) is 6.44. The van der Waals surface area contributed by atoms with Crippen molar-refractivity contribution in [2.45, 2.75) is 12.5 Å². The summed E-state index contributed by atoms with van der Waals surface area (Å²) in [5, 5.41) is 10.9. The van der Waals surface area contributed by atoms with Crippen LogP contribution >= 0.6 is 23.2 Å². The SMILES string of the molecule is COc1ccc(CC(O)c2cccc(Cl)c2Cl)cc1F. The lowest BCUT2D eigenvalue weighted by molar-refractivity contribution is 0.178. The third-order valence-electron chi connectivity index (χ3n) is 2.99. The zero-order valence-electron chi connectivity index (χ0n) is 10.7. The van der Waals surface area contributed by atoms with Gasteiger partial charge in [0.25, 0.3) is 0 Å². The highest BCUT2D eigenvalue weighted by Crippen LogP contribution is 2.31. The fraction of sp³-hybridized carbons (Fsp3) is 0.200. The van der Waals surface area contributed by atoms with Crippen LogP contribution in [0.15, 0.2) is 36.4 Å². The number of methoxy groups -OCH3 is 1. The molecule has 0 aliphatic heterocycles. The zero-order valence-corrected chi connectivity index (χ0v) is 12.2. The van der Waals surface area contributed by atoms with Crippen LogP contribution < -0.4 is 4.74 Å². The number of aliphatic hydroxyl groups is 1. The van der Waals surface area contributed by atoms with E-state index in [4.69, 9.17) is 27.9 Å². The molecule has 0 aliphatic carbocycles. The molecule has 1 unspecified atom stereocenters. The van der Waals surface area contributed by atoms with Crippen LogP contribution in [-0.4, -0.2) is 12.2 Å². The standard InChI is InChI=1S/C15H13Cl2FO2/c1-20-14-6-5-9(7-12(14)18)8-13(19)10-3-2-4-11(16)15(10)17/h2-7,13,19H,8H2,1H3. The molecule has 0 aliphatic rings. The number of ether oxygens (including phenoxy) is 1. The molecule has 0 saturated heterocycles. The van der Waals surface area contributed by atoms with E-state index in [0.717, 1.165) is 0 Å². The highest BCUT2D eigenvalue weighted by Gasteiger charge is 2.15. The van der Waals surface area contributed by atoms with Gasteiger partial charge in [0.05, 0.1) is 23.3 Å². The molecule has 20 heavy (non-hydrogen) atoms. The molecule has 0 saturated carbocycles. The van der Waals surface area contributed by atoms with Crippen LogP contribution in [0, 0.1) is 5.82 Å². The fourth-order valence-corrected chi connectivity index (χ4v) is 2.38. The molecule has 2 rings (SSSR count). The van der Waals surface area contributed by atoms with E-state index in [1.165, 1.54) is 19.2 Å². The van der Waals surface area contributed by atoms with Gasteiger partial charge in [-0.15, -0.1) is 0 Å². The molecule has 106 valence electrons. The van der Waals surface area contributed by atoms with Crippen LogP contribution in [0.5, 0.6) is 5.75 Å². The van der Waals surface area contributed by atoms with Gasteiger partial charge in [-0.25, -0.2) is 4.39 Å². The van der Waals surface area contributed by atoms with Crippen molar-refractivity contribution in [1.29, 1.82) is 0 Å². The maximum Gasteiger partial charge on any atom is 0.165 e. The Kier molecular flexibility index (Phi) is 4.86. The summed E-state index contributed by atoms with van der Waals surface area (Å²) in [7, 11) is 1.40. The molecule has 0 radical (unpaired) electrons. The number of benzene rings is 2. The molecule has 5 heteroatoms. The predicted molar refractivity (Wildman–Crippen MR) is 78.1 cm³/mol. The van der Waals surface area contributed by atoms with Crippen molar-refractivity contribution in [1.82, 2.24) is 0 Å². The van der Waals surface area contributed by atoms with Crippen molar-refractivity contribution in [2.24, 2.45) is 0 Å². The third-order valence-corrected chi connectivity index (χ3v) is 3.82. The van der Waals surface area contributed by atoms with E-state index in [2.05, 4.69) is 0 Å². The van der Waals surface area contributed by atoms with Gasteiger partial charge in [0.15, 0.2) is 11.6 Å². The van der Waals surface area contributed by atoms with Gasteiger partial charge in [-0.1, -0.05) is 41.4 Å². The molecule has 0 spiro atoms. The second-order valence-electron chi connectivity index (χ2n) is 4.33. The molecule has 0 bridgehead atoms. The Bertz CT molecular complexity index is 617. The molecule has 0 amide bonds. The molecule has 2 nitrogen and oxygen atoms in total. The van der Waals surface area contributed by atoms with E-state index >= 15 is 0 Å². The summed E-state index contributed by atoms with van der Waals surface area (Å²) in [4.78, 5) is 0. The molecule has 1 atom stereocenters. The van der Waals surface area contributed by atoms with E-state index in [9.17, 15) is 9.50 Å². The third kappa shape index (κ3) is 3.23. The van der Waals surface area contributed by atoms with Gasteiger partial charge in [-0.3, -0.25) is 0 Å². The Balaban J connectivity index is 2.21. The highest BCUT2D eigenvalue weighted by atomic mass is 35.5. The van der Waals surface area contributed by atoms with Crippen molar-refractivity contribution in [3.8, 4) is 5.75 Å². The molecular weight excluding hydrogens is 302 g/mol. The van der Waals surface area contributed by atoms with Gasteiger partial charge < -0.3 is 9.84 Å². The Morgan fingerprint density at radius 3 is 2.65 bits per heavy atom. The van der Waals surface area contributed by atoms with Gasteiger partial charge >= 0.3 is 0 Å². The number of rotatable bonds is 4. The smallest absolute Gasteiger partial charge is 0.165 e. The zero-order chi connectivity index (χ0) is 14.7. The Morgan fingerprint density at radius 2 is 2.00 bits per heavy atom. The Labute approximate surface area is 126 Å². The Morgan fingerprint density at radius 1 is 1.25 bits per heavy atom. The van der Waals surface area contributed by atoms with E-state index in [1.807, 2.05) is 0 Å². The molecule has 0 heterocycles. The molecule has 0 fully saturated rings. The van der Waals surface area contributed by atoms with Crippen molar-refractivity contribution in [3.63, 3.8) is 0 Å². The number of hydrogen-bond acceptors (Lipinski definition) is 2. The number of aliphatic hydroxyl groups excluding tert-OH is 1. The van der Waals surface area contributed by atoms with Crippen LogP contribution in [0.4, 0.5) is 4.39 Å². The van der Waals surface area contributed by atoms with Gasteiger partial charge in [0, 0.05) is 12.0 Å². The van der Waals surface area contributed by atoms with Crippen molar-refractivity contribution >= 4 is 23.2 Å². The minimum absolute atomic E-state index is 0.170. The summed E-state index contributed by atoms with van der Waals surface area (Å²) < 4.78 is 18.4. The quantitative estimate of drug-likeness (QED) is 0.905. The average molecular weight is 315 g/mol. The monoisotopic (exact) mass is 314 g/mol. The van der Waals surface area contributed by atoms with Crippen molar-refractivity contribution in [3.05, 3.63) is 63.4 Å². The normalized spacial score (nSPS) is 12.2. The number of halogens is 3. The van der Waals surface area contributed by atoms with Crippen molar-refractivity contribution < 1.29 is 14.2 Å². The largest absolute Gasteiger partial charge is 0.494 e. The minimum Gasteiger partial charge on any atom is -0.494 e. The minimum atomic E-state index is -0.853. The van der Waals surface area contributed by atoms with Gasteiger partial charge in [0.1, 0.15) is 0 Å². The van der Waals surface area contributed by atoms with E-state index in [1.54, 1.807) is 24.3 Å². The first-order valence-corrected chi connectivity index (χ1v) is 6.73. The van der Waals surface area contributed by atoms with E-state index in [0.29, 0.717) is 21.2 Å². The summed E-state index contributed by atoms with van der Waals surface area (Å²) in [6, 6.07) is 9.61. The van der Waals surface area contributed by atoms with Crippen LogP contribution in [-0.2, 0) is 6.42 Å². The summed E-state index contributed by atoms with van der Waals surface area (Å²) in [5.74, 6) is -0.293. The van der Waals surface area contributed by atoms with Gasteiger partial charge in [-0.2, -0.15) is 0 Å². The molecular formula is C15H13Cl2FO2. The predicted octanol–water partition coefficient (Wildman–Crippen LogP) is 4.42. The second-order valence-corrected chi connectivity index (χ2v) is 5.12. The topological polar surface area (TPSA) is 29.5 Å². The van der Waals surface area contributed by atoms with Crippen molar-refractivity contribution in [2.75, 3.05) is 7.11 Å². The van der Waals surface area contributed by atoms with Crippen LogP contribution in [0.2, 0.25) is 10.0 Å². The van der Waals surface area contributed by atoms with Crippen LogP contribution in [0.1, 0.15) is 17.2 Å². The van der Waals surface area contributed by atoms with Gasteiger partial charge in [0.2, 0.25) is 0 Å². The number of hydrogen-bond donors (Lipinski definition) is 1. The van der Waals surface area contributed by atoms with E-state index < -0.39 is 11.9 Å². The fourth-order valence-electron chi connectivity index (χ4n) is 1.95. The molecule has 1 N–H and O–H groups in total. The first-order chi connectivity index (χ1) is 9.52. The Hall–Kier alpha value is -1.29. The molecule has 0 aromatic heterocycles. The van der Waals surface area contributed by atoms with Crippen LogP contribution in [0.3, 0.4) is 0 Å². The highest BCUT2D eigenvalue weighted by molar-refractivity contribution is 6.42. The summed E-state index contributed by atoms with van der Waals surface area (Å²) >= 11 is 12.0. The average Bonchev–Trinajstić information content (AvgIpc) is 2.42.